The van der Waals surface area contributed by atoms with Gasteiger partial charge in [-0.05, 0) is 23.9 Å². The summed E-state index contributed by atoms with van der Waals surface area (Å²) in [5.41, 5.74) is 1.23. The summed E-state index contributed by atoms with van der Waals surface area (Å²) in [5, 5.41) is 2.03. The van der Waals surface area contributed by atoms with Gasteiger partial charge in [-0.15, -0.1) is 11.3 Å². The van der Waals surface area contributed by atoms with Crippen molar-refractivity contribution >= 4 is 23.0 Å². The lowest BCUT2D eigenvalue weighted by Gasteiger charge is -2.25. The molecule has 0 aliphatic carbocycles. The third-order valence-electron chi connectivity index (χ3n) is 2.66. The summed E-state index contributed by atoms with van der Waals surface area (Å²) in [5.74, 6) is 0.0400. The topological polar surface area (TPSA) is 37.4 Å². The number of piperidine rings is 1. The first-order chi connectivity index (χ1) is 7.16. The molecule has 1 amide bonds. The summed E-state index contributed by atoms with van der Waals surface area (Å²) < 4.78 is 0. The number of Topliss-reactive ketones (excluding diaryl/α,β-unsaturated/α-hetero) is 1. The van der Waals surface area contributed by atoms with E-state index in [2.05, 4.69) is 6.07 Å². The molecule has 2 heterocycles. The number of amides is 1. The maximum Gasteiger partial charge on any atom is 0.230 e. The number of carbonyl (C=O) groups excluding carboxylic acids is 2. The lowest BCUT2D eigenvalue weighted by Crippen LogP contribution is -2.38. The molecule has 0 spiro atoms. The van der Waals surface area contributed by atoms with Gasteiger partial charge in [0.1, 0.15) is 5.78 Å². The molecular formula is C11H13NO2S. The molecule has 1 aliphatic rings. The van der Waals surface area contributed by atoms with Crippen LogP contribution >= 0.6 is 11.3 Å². The third kappa shape index (κ3) is 2.26. The van der Waals surface area contributed by atoms with Gasteiger partial charge in [0, 0.05) is 17.8 Å². The molecule has 0 saturated carbocycles. The number of carbonyl (C=O) groups is 2. The first-order valence-corrected chi connectivity index (χ1v) is 5.87. The van der Waals surface area contributed by atoms with Crippen molar-refractivity contribution in [3.63, 3.8) is 0 Å². The number of likely N-dealkylation sites (tertiary alicyclic amines) is 1. The standard InChI is InChI=1S/C11H13NO2S/c1-8-3-5-15-10(8)7-12-4-2-9(13)6-11(12)14/h3,5H,2,4,6-7H2,1H3. The van der Waals surface area contributed by atoms with Crippen LogP contribution in [0, 0.1) is 6.92 Å². The highest BCUT2D eigenvalue weighted by Gasteiger charge is 2.24. The lowest BCUT2D eigenvalue weighted by atomic mass is 10.1. The SMILES string of the molecule is Cc1ccsc1CN1CCC(=O)CC1=O. The van der Waals surface area contributed by atoms with E-state index >= 15 is 0 Å². The Kier molecular flexibility index (Phi) is 2.86. The second kappa shape index (κ2) is 4.14. The van der Waals surface area contributed by atoms with Crippen LogP contribution in [0.4, 0.5) is 0 Å². The summed E-state index contributed by atoms with van der Waals surface area (Å²) in [7, 11) is 0. The van der Waals surface area contributed by atoms with Crippen LogP contribution in [0.15, 0.2) is 11.4 Å². The highest BCUT2D eigenvalue weighted by molar-refractivity contribution is 7.10. The lowest BCUT2D eigenvalue weighted by molar-refractivity contribution is -0.139. The van der Waals surface area contributed by atoms with Crippen LogP contribution in [-0.2, 0) is 16.1 Å². The number of hydrogen-bond acceptors (Lipinski definition) is 3. The van der Waals surface area contributed by atoms with Crippen molar-refractivity contribution in [1.29, 1.82) is 0 Å². The quantitative estimate of drug-likeness (QED) is 0.716. The Bertz CT molecular complexity index is 397. The van der Waals surface area contributed by atoms with E-state index in [0.717, 1.165) is 0 Å². The van der Waals surface area contributed by atoms with E-state index in [0.29, 0.717) is 19.5 Å². The Hall–Kier alpha value is -1.16. The average Bonchev–Trinajstić information content (AvgIpc) is 2.57. The van der Waals surface area contributed by atoms with Crippen molar-refractivity contribution in [3.05, 3.63) is 21.9 Å². The molecule has 1 aliphatic heterocycles. The fourth-order valence-electron chi connectivity index (χ4n) is 1.66. The zero-order chi connectivity index (χ0) is 10.8. The van der Waals surface area contributed by atoms with Crippen LogP contribution in [0.5, 0.6) is 0 Å². The molecule has 0 bridgehead atoms. The number of nitrogens with zero attached hydrogens (tertiary/aromatic N) is 1. The summed E-state index contributed by atoms with van der Waals surface area (Å²) in [6.07, 6.45) is 0.598. The zero-order valence-electron chi connectivity index (χ0n) is 8.66. The van der Waals surface area contributed by atoms with Crippen LogP contribution in [0.25, 0.3) is 0 Å². The largest absolute Gasteiger partial charge is 0.337 e. The van der Waals surface area contributed by atoms with Crippen molar-refractivity contribution in [2.24, 2.45) is 0 Å². The van der Waals surface area contributed by atoms with Crippen LogP contribution in [-0.4, -0.2) is 23.1 Å². The van der Waals surface area contributed by atoms with E-state index in [1.165, 1.54) is 10.4 Å². The second-order valence-corrected chi connectivity index (χ2v) is 4.81. The van der Waals surface area contributed by atoms with Gasteiger partial charge in [-0.2, -0.15) is 0 Å². The highest BCUT2D eigenvalue weighted by Crippen LogP contribution is 2.20. The number of rotatable bonds is 2. The van der Waals surface area contributed by atoms with Crippen LogP contribution in [0.3, 0.4) is 0 Å². The van der Waals surface area contributed by atoms with Crippen molar-refractivity contribution in [1.82, 2.24) is 4.90 Å². The molecule has 0 unspecified atom stereocenters. The van der Waals surface area contributed by atoms with Crippen LogP contribution in [0.1, 0.15) is 23.3 Å². The normalized spacial score (nSPS) is 17.3. The minimum absolute atomic E-state index is 0.0287. The van der Waals surface area contributed by atoms with E-state index in [1.54, 1.807) is 16.2 Å². The highest BCUT2D eigenvalue weighted by atomic mass is 32.1. The maximum absolute atomic E-state index is 11.6. The minimum Gasteiger partial charge on any atom is -0.337 e. The average molecular weight is 223 g/mol. The predicted octanol–water partition coefficient (Wildman–Crippen LogP) is 1.75. The van der Waals surface area contributed by atoms with Gasteiger partial charge in [-0.25, -0.2) is 0 Å². The Morgan fingerprint density at radius 1 is 1.47 bits per heavy atom. The summed E-state index contributed by atoms with van der Waals surface area (Å²) >= 11 is 1.67. The van der Waals surface area contributed by atoms with E-state index in [1.807, 2.05) is 12.3 Å². The monoisotopic (exact) mass is 223 g/mol. The summed E-state index contributed by atoms with van der Waals surface area (Å²) in [4.78, 5) is 25.6. The molecule has 4 heteroatoms. The molecule has 0 atom stereocenters. The summed E-state index contributed by atoms with van der Waals surface area (Å²) in [6, 6.07) is 2.06. The predicted molar refractivity (Wildman–Crippen MR) is 58.7 cm³/mol. The molecule has 0 N–H and O–H groups in total. The number of thiophene rings is 1. The smallest absolute Gasteiger partial charge is 0.230 e. The first-order valence-electron chi connectivity index (χ1n) is 4.99. The number of aryl methyl sites for hydroxylation is 1. The third-order valence-corrected chi connectivity index (χ3v) is 3.67. The second-order valence-electron chi connectivity index (χ2n) is 3.81. The van der Waals surface area contributed by atoms with E-state index in [4.69, 9.17) is 0 Å². The van der Waals surface area contributed by atoms with Gasteiger partial charge in [0.25, 0.3) is 0 Å². The molecule has 80 valence electrons. The van der Waals surface area contributed by atoms with Crippen molar-refractivity contribution in [2.45, 2.75) is 26.3 Å². The van der Waals surface area contributed by atoms with Crippen molar-refractivity contribution < 1.29 is 9.59 Å². The molecule has 3 nitrogen and oxygen atoms in total. The van der Waals surface area contributed by atoms with E-state index < -0.39 is 0 Å². The fourth-order valence-corrected chi connectivity index (χ4v) is 2.58. The van der Waals surface area contributed by atoms with E-state index in [-0.39, 0.29) is 18.1 Å². The van der Waals surface area contributed by atoms with Gasteiger partial charge in [-0.3, -0.25) is 9.59 Å². The Labute approximate surface area is 92.7 Å². The Balaban J connectivity index is 2.04. The van der Waals surface area contributed by atoms with Gasteiger partial charge in [0.2, 0.25) is 5.91 Å². The molecule has 1 aromatic heterocycles. The number of ketones is 1. The molecular weight excluding hydrogens is 210 g/mol. The zero-order valence-corrected chi connectivity index (χ0v) is 9.47. The minimum atomic E-state index is -0.0287. The van der Waals surface area contributed by atoms with Crippen molar-refractivity contribution in [2.75, 3.05) is 6.54 Å². The van der Waals surface area contributed by atoms with Gasteiger partial charge >= 0.3 is 0 Å². The molecule has 0 radical (unpaired) electrons. The maximum atomic E-state index is 11.6. The number of hydrogen-bond donors (Lipinski definition) is 0. The van der Waals surface area contributed by atoms with Gasteiger partial charge in [0.15, 0.2) is 0 Å². The molecule has 1 saturated heterocycles. The molecule has 2 rings (SSSR count). The molecule has 1 fully saturated rings. The Morgan fingerprint density at radius 2 is 2.27 bits per heavy atom. The first kappa shape index (κ1) is 10.4. The fraction of sp³-hybridized carbons (Fsp3) is 0.455. The summed E-state index contributed by atoms with van der Waals surface area (Å²) in [6.45, 7) is 3.29. The Morgan fingerprint density at radius 3 is 2.87 bits per heavy atom. The van der Waals surface area contributed by atoms with Crippen LogP contribution in [0.2, 0.25) is 0 Å². The molecule has 15 heavy (non-hydrogen) atoms. The van der Waals surface area contributed by atoms with E-state index in [9.17, 15) is 9.59 Å². The van der Waals surface area contributed by atoms with Crippen LogP contribution < -0.4 is 0 Å². The van der Waals surface area contributed by atoms with Crippen molar-refractivity contribution in [3.8, 4) is 0 Å². The van der Waals surface area contributed by atoms with Gasteiger partial charge < -0.3 is 4.90 Å². The molecule has 1 aromatic rings. The molecule has 0 aromatic carbocycles. The van der Waals surface area contributed by atoms with Gasteiger partial charge in [-0.1, -0.05) is 0 Å². The van der Waals surface area contributed by atoms with Gasteiger partial charge in [0.05, 0.1) is 13.0 Å².